The third-order valence-electron chi connectivity index (χ3n) is 3.51. The molecule has 0 atom stereocenters. The molecule has 0 aliphatic carbocycles. The number of anilines is 1. The van der Waals surface area contributed by atoms with Gasteiger partial charge in [0.1, 0.15) is 0 Å². The van der Waals surface area contributed by atoms with Crippen molar-refractivity contribution < 1.29 is 23.8 Å². The fourth-order valence-electron chi connectivity index (χ4n) is 2.35. The number of nitrogens with zero attached hydrogens (tertiary/aromatic N) is 1. The fraction of sp³-hybridized carbons (Fsp3) is 0.211. The number of hydrazone groups is 1. The lowest BCUT2D eigenvalue weighted by atomic mass is 10.2. The van der Waals surface area contributed by atoms with Gasteiger partial charge >= 0.3 is 0 Å². The van der Waals surface area contributed by atoms with Crippen LogP contribution >= 0.6 is 0 Å². The zero-order valence-electron chi connectivity index (χ0n) is 15.5. The Labute approximate surface area is 157 Å². The Morgan fingerprint density at radius 3 is 2.22 bits per heavy atom. The van der Waals surface area contributed by atoms with Crippen molar-refractivity contribution in [1.82, 2.24) is 5.43 Å². The SMILES string of the molecule is COc1cc(C=NNC(=O)c2cccc(NC(C)=O)c2)cc(OC)c1OC. The number of rotatable bonds is 7. The van der Waals surface area contributed by atoms with E-state index < -0.39 is 5.91 Å². The standard InChI is InChI=1S/C19H21N3O5/c1-12(23)21-15-7-5-6-14(10-15)19(24)22-20-11-13-8-16(25-2)18(27-4)17(9-13)26-3/h5-11H,1-4H3,(H,21,23)(H,22,24). The molecule has 0 bridgehead atoms. The van der Waals surface area contributed by atoms with Crippen LogP contribution in [0.2, 0.25) is 0 Å². The molecule has 2 aromatic rings. The fourth-order valence-corrected chi connectivity index (χ4v) is 2.35. The van der Waals surface area contributed by atoms with Crippen LogP contribution in [0.4, 0.5) is 5.69 Å². The Hall–Kier alpha value is -3.55. The number of amides is 2. The van der Waals surface area contributed by atoms with Gasteiger partial charge in [0.05, 0.1) is 27.5 Å². The topological polar surface area (TPSA) is 98.2 Å². The molecule has 2 aromatic carbocycles. The van der Waals surface area contributed by atoms with Gasteiger partial charge in [-0.3, -0.25) is 9.59 Å². The molecule has 0 saturated carbocycles. The van der Waals surface area contributed by atoms with E-state index in [-0.39, 0.29) is 5.91 Å². The second-order valence-electron chi connectivity index (χ2n) is 5.42. The molecule has 8 heteroatoms. The molecule has 0 spiro atoms. The van der Waals surface area contributed by atoms with Crippen LogP contribution in [0.15, 0.2) is 41.5 Å². The average molecular weight is 371 g/mol. The first-order chi connectivity index (χ1) is 13.0. The Kier molecular flexibility index (Phi) is 6.76. The van der Waals surface area contributed by atoms with E-state index in [2.05, 4.69) is 15.8 Å². The Balaban J connectivity index is 2.13. The van der Waals surface area contributed by atoms with Crippen molar-refractivity contribution >= 4 is 23.7 Å². The van der Waals surface area contributed by atoms with Gasteiger partial charge in [-0.25, -0.2) is 5.43 Å². The van der Waals surface area contributed by atoms with Crippen LogP contribution < -0.4 is 25.0 Å². The van der Waals surface area contributed by atoms with Crippen molar-refractivity contribution in [1.29, 1.82) is 0 Å². The second-order valence-corrected chi connectivity index (χ2v) is 5.42. The molecule has 0 aliphatic heterocycles. The summed E-state index contributed by atoms with van der Waals surface area (Å²) in [7, 11) is 4.55. The van der Waals surface area contributed by atoms with Gasteiger partial charge in [0.15, 0.2) is 11.5 Å². The molecule has 0 aliphatic rings. The molecule has 0 unspecified atom stereocenters. The first kappa shape index (κ1) is 19.8. The van der Waals surface area contributed by atoms with Crippen molar-refractivity contribution in [3.63, 3.8) is 0 Å². The van der Waals surface area contributed by atoms with Gasteiger partial charge in [0.2, 0.25) is 11.7 Å². The second kappa shape index (κ2) is 9.23. The lowest BCUT2D eigenvalue weighted by molar-refractivity contribution is -0.114. The number of hydrogen-bond donors (Lipinski definition) is 2. The normalized spacial score (nSPS) is 10.4. The van der Waals surface area contributed by atoms with E-state index in [1.165, 1.54) is 34.5 Å². The Bertz CT molecular complexity index is 839. The highest BCUT2D eigenvalue weighted by Crippen LogP contribution is 2.37. The molecule has 0 aromatic heterocycles. The molecule has 27 heavy (non-hydrogen) atoms. The van der Waals surface area contributed by atoms with Crippen molar-refractivity contribution in [2.24, 2.45) is 5.10 Å². The summed E-state index contributed by atoms with van der Waals surface area (Å²) >= 11 is 0. The number of benzene rings is 2. The molecule has 2 N–H and O–H groups in total. The van der Waals surface area contributed by atoms with Gasteiger partial charge in [0, 0.05) is 23.7 Å². The van der Waals surface area contributed by atoms with Crippen molar-refractivity contribution in [3.05, 3.63) is 47.5 Å². The number of hydrogen-bond acceptors (Lipinski definition) is 6. The van der Waals surface area contributed by atoms with Crippen molar-refractivity contribution in [3.8, 4) is 17.2 Å². The maximum Gasteiger partial charge on any atom is 0.271 e. The molecule has 0 fully saturated rings. The number of ether oxygens (including phenoxy) is 3. The molecule has 0 radical (unpaired) electrons. The van der Waals surface area contributed by atoms with Crippen LogP contribution in [0.5, 0.6) is 17.2 Å². The molecule has 142 valence electrons. The molecular formula is C19H21N3O5. The summed E-state index contributed by atoms with van der Waals surface area (Å²) in [6.07, 6.45) is 1.46. The third kappa shape index (κ3) is 5.21. The van der Waals surface area contributed by atoms with E-state index in [4.69, 9.17) is 14.2 Å². The minimum absolute atomic E-state index is 0.215. The van der Waals surface area contributed by atoms with E-state index in [1.807, 2.05) is 0 Å². The minimum Gasteiger partial charge on any atom is -0.493 e. The predicted molar refractivity (Wildman–Crippen MR) is 102 cm³/mol. The summed E-state index contributed by atoms with van der Waals surface area (Å²) in [6, 6.07) is 9.95. The van der Waals surface area contributed by atoms with Gasteiger partial charge < -0.3 is 19.5 Å². The highest BCUT2D eigenvalue weighted by atomic mass is 16.5. The number of methoxy groups -OCH3 is 3. The van der Waals surface area contributed by atoms with Crippen LogP contribution in [-0.2, 0) is 4.79 Å². The highest BCUT2D eigenvalue weighted by Gasteiger charge is 2.12. The number of nitrogens with one attached hydrogen (secondary N) is 2. The van der Waals surface area contributed by atoms with Gasteiger partial charge in [-0.2, -0.15) is 5.10 Å². The van der Waals surface area contributed by atoms with Crippen LogP contribution in [-0.4, -0.2) is 39.4 Å². The first-order valence-electron chi connectivity index (χ1n) is 7.99. The smallest absolute Gasteiger partial charge is 0.271 e. The maximum atomic E-state index is 12.2. The quantitative estimate of drug-likeness (QED) is 0.575. The highest BCUT2D eigenvalue weighted by molar-refractivity contribution is 5.97. The molecule has 2 rings (SSSR count). The van der Waals surface area contributed by atoms with Gasteiger partial charge in [-0.15, -0.1) is 0 Å². The number of carbonyl (C=O) groups is 2. The molecule has 8 nitrogen and oxygen atoms in total. The summed E-state index contributed by atoms with van der Waals surface area (Å²) in [6.45, 7) is 1.40. The minimum atomic E-state index is -0.411. The predicted octanol–water partition coefficient (Wildman–Crippen LogP) is 2.43. The lowest BCUT2D eigenvalue weighted by Gasteiger charge is -2.12. The summed E-state index contributed by atoms with van der Waals surface area (Å²) in [5, 5.41) is 6.57. The van der Waals surface area contributed by atoms with Crippen LogP contribution in [0, 0.1) is 0 Å². The average Bonchev–Trinajstić information content (AvgIpc) is 2.66. The third-order valence-corrected chi connectivity index (χ3v) is 3.51. The van der Waals surface area contributed by atoms with Gasteiger partial charge in [-0.05, 0) is 30.3 Å². The van der Waals surface area contributed by atoms with Crippen molar-refractivity contribution in [2.75, 3.05) is 26.6 Å². The molecule has 2 amide bonds. The largest absolute Gasteiger partial charge is 0.493 e. The Morgan fingerprint density at radius 2 is 1.67 bits per heavy atom. The molecule has 0 heterocycles. The van der Waals surface area contributed by atoms with Crippen LogP contribution in [0.1, 0.15) is 22.8 Å². The first-order valence-corrected chi connectivity index (χ1v) is 7.99. The van der Waals surface area contributed by atoms with Crippen LogP contribution in [0.3, 0.4) is 0 Å². The van der Waals surface area contributed by atoms with Gasteiger partial charge in [-0.1, -0.05) is 6.07 Å². The zero-order valence-corrected chi connectivity index (χ0v) is 15.5. The maximum absolute atomic E-state index is 12.2. The van der Waals surface area contributed by atoms with E-state index in [0.29, 0.717) is 34.1 Å². The van der Waals surface area contributed by atoms with E-state index in [9.17, 15) is 9.59 Å². The zero-order chi connectivity index (χ0) is 19.8. The van der Waals surface area contributed by atoms with E-state index >= 15 is 0 Å². The summed E-state index contributed by atoms with van der Waals surface area (Å²) < 4.78 is 15.8. The summed E-state index contributed by atoms with van der Waals surface area (Å²) in [5.41, 5.74) is 3.98. The lowest BCUT2D eigenvalue weighted by Crippen LogP contribution is -2.18. The van der Waals surface area contributed by atoms with E-state index in [0.717, 1.165) is 0 Å². The van der Waals surface area contributed by atoms with Gasteiger partial charge in [0.25, 0.3) is 5.91 Å². The van der Waals surface area contributed by atoms with E-state index in [1.54, 1.807) is 36.4 Å². The molecular weight excluding hydrogens is 350 g/mol. The summed E-state index contributed by atoms with van der Waals surface area (Å²) in [5.74, 6) is 0.801. The number of carbonyl (C=O) groups excluding carboxylic acids is 2. The molecule has 0 saturated heterocycles. The summed E-state index contributed by atoms with van der Waals surface area (Å²) in [4.78, 5) is 23.3. The monoisotopic (exact) mass is 371 g/mol. The van der Waals surface area contributed by atoms with Crippen LogP contribution in [0.25, 0.3) is 0 Å². The Morgan fingerprint density at radius 1 is 1.00 bits per heavy atom. The van der Waals surface area contributed by atoms with Crippen molar-refractivity contribution in [2.45, 2.75) is 6.92 Å².